The van der Waals surface area contributed by atoms with Crippen LogP contribution in [0.5, 0.6) is 0 Å². The Morgan fingerprint density at radius 2 is 1.56 bits per heavy atom. The first-order valence-electron chi connectivity index (χ1n) is 9.22. The van der Waals surface area contributed by atoms with Gasteiger partial charge < -0.3 is 15.5 Å². The first-order chi connectivity index (χ1) is 13.1. The molecule has 0 fully saturated rings. The standard InChI is InChI=1S/C21H26N6/c1-5-15-8-7-9-16(6-2)20(15)24-19-14-22-26-21(25-19)23-17-10-12-18(13-11-17)27(3)4/h7-14H,5-6H2,1-4H3,(H2,23,24,25,26). The van der Waals surface area contributed by atoms with E-state index < -0.39 is 0 Å². The molecule has 6 heteroatoms. The van der Waals surface area contributed by atoms with Gasteiger partial charge in [-0.15, -0.1) is 5.10 Å². The number of aromatic nitrogens is 3. The number of benzene rings is 2. The Labute approximate surface area is 160 Å². The highest BCUT2D eigenvalue weighted by molar-refractivity contribution is 5.66. The van der Waals surface area contributed by atoms with Gasteiger partial charge in [0.05, 0.1) is 6.20 Å². The maximum Gasteiger partial charge on any atom is 0.249 e. The molecule has 1 aromatic heterocycles. The molecule has 0 spiro atoms. The van der Waals surface area contributed by atoms with Crippen molar-refractivity contribution in [3.05, 3.63) is 59.8 Å². The Hall–Kier alpha value is -3.15. The molecule has 0 amide bonds. The van der Waals surface area contributed by atoms with Crippen LogP contribution in [0.1, 0.15) is 25.0 Å². The molecule has 6 nitrogen and oxygen atoms in total. The van der Waals surface area contributed by atoms with Crippen molar-refractivity contribution < 1.29 is 0 Å². The fraction of sp³-hybridized carbons (Fsp3) is 0.286. The summed E-state index contributed by atoms with van der Waals surface area (Å²) in [5.41, 5.74) is 5.70. The average molecular weight is 362 g/mol. The van der Waals surface area contributed by atoms with Crippen molar-refractivity contribution in [2.24, 2.45) is 0 Å². The summed E-state index contributed by atoms with van der Waals surface area (Å²) in [5.74, 6) is 1.14. The summed E-state index contributed by atoms with van der Waals surface area (Å²) in [5, 5.41) is 14.8. The van der Waals surface area contributed by atoms with Crippen LogP contribution in [-0.2, 0) is 12.8 Å². The number of hydrogen-bond acceptors (Lipinski definition) is 6. The predicted molar refractivity (Wildman–Crippen MR) is 112 cm³/mol. The maximum atomic E-state index is 4.57. The molecule has 3 rings (SSSR count). The molecule has 0 aliphatic rings. The lowest BCUT2D eigenvalue weighted by molar-refractivity contribution is 0.979. The predicted octanol–water partition coefficient (Wildman–Crippen LogP) is 4.55. The molecular formula is C21H26N6. The van der Waals surface area contributed by atoms with Gasteiger partial charge >= 0.3 is 0 Å². The lowest BCUT2D eigenvalue weighted by atomic mass is 10.0. The van der Waals surface area contributed by atoms with Gasteiger partial charge in [-0.05, 0) is 48.2 Å². The summed E-state index contributed by atoms with van der Waals surface area (Å²) in [6, 6.07) is 14.5. The molecule has 3 aromatic rings. The van der Waals surface area contributed by atoms with Crippen LogP contribution >= 0.6 is 0 Å². The minimum atomic E-state index is 0.463. The number of nitrogens with zero attached hydrogens (tertiary/aromatic N) is 4. The Bertz CT molecular complexity index is 867. The van der Waals surface area contributed by atoms with Crippen LogP contribution in [0.4, 0.5) is 28.8 Å². The summed E-state index contributed by atoms with van der Waals surface area (Å²) in [7, 11) is 4.03. The molecule has 140 valence electrons. The van der Waals surface area contributed by atoms with E-state index in [4.69, 9.17) is 0 Å². The van der Waals surface area contributed by atoms with Crippen LogP contribution in [0.15, 0.2) is 48.7 Å². The van der Waals surface area contributed by atoms with Crippen LogP contribution in [0.25, 0.3) is 0 Å². The molecule has 1 heterocycles. The van der Waals surface area contributed by atoms with Gasteiger partial charge in [0.25, 0.3) is 0 Å². The Kier molecular flexibility index (Phi) is 5.86. The van der Waals surface area contributed by atoms with Gasteiger partial charge in [0.1, 0.15) is 0 Å². The van der Waals surface area contributed by atoms with Gasteiger partial charge in [-0.3, -0.25) is 0 Å². The average Bonchev–Trinajstić information content (AvgIpc) is 2.69. The van der Waals surface area contributed by atoms with Gasteiger partial charge in [-0.25, -0.2) is 0 Å². The summed E-state index contributed by atoms with van der Waals surface area (Å²) in [6.07, 6.45) is 3.56. The second-order valence-electron chi connectivity index (χ2n) is 6.51. The molecule has 0 bridgehead atoms. The number of hydrogen-bond donors (Lipinski definition) is 2. The second-order valence-corrected chi connectivity index (χ2v) is 6.51. The topological polar surface area (TPSA) is 66.0 Å². The first-order valence-corrected chi connectivity index (χ1v) is 9.22. The van der Waals surface area contributed by atoms with Crippen molar-refractivity contribution in [1.29, 1.82) is 0 Å². The molecule has 2 N–H and O–H groups in total. The zero-order valence-electron chi connectivity index (χ0n) is 16.3. The van der Waals surface area contributed by atoms with Gasteiger partial charge in [-0.1, -0.05) is 32.0 Å². The van der Waals surface area contributed by atoms with Crippen molar-refractivity contribution in [1.82, 2.24) is 15.2 Å². The Morgan fingerprint density at radius 3 is 2.15 bits per heavy atom. The van der Waals surface area contributed by atoms with E-state index in [2.05, 4.69) is 62.8 Å². The van der Waals surface area contributed by atoms with Gasteiger partial charge in [0, 0.05) is 31.2 Å². The highest BCUT2D eigenvalue weighted by Crippen LogP contribution is 2.26. The van der Waals surface area contributed by atoms with E-state index in [-0.39, 0.29) is 0 Å². The summed E-state index contributed by atoms with van der Waals surface area (Å²) < 4.78 is 0. The van der Waals surface area contributed by atoms with Crippen LogP contribution in [0.3, 0.4) is 0 Å². The van der Waals surface area contributed by atoms with Gasteiger partial charge in [0.2, 0.25) is 5.95 Å². The van der Waals surface area contributed by atoms with Gasteiger partial charge in [0.15, 0.2) is 5.82 Å². The van der Waals surface area contributed by atoms with Crippen LogP contribution < -0.4 is 15.5 Å². The number of nitrogens with one attached hydrogen (secondary N) is 2. The smallest absolute Gasteiger partial charge is 0.249 e. The molecule has 27 heavy (non-hydrogen) atoms. The summed E-state index contributed by atoms with van der Waals surface area (Å²) >= 11 is 0. The normalized spacial score (nSPS) is 10.5. The van der Waals surface area contributed by atoms with Crippen LogP contribution in [-0.4, -0.2) is 29.3 Å². The van der Waals surface area contributed by atoms with E-state index in [0.717, 1.165) is 29.9 Å². The number of rotatable bonds is 7. The molecule has 0 saturated heterocycles. The molecule has 2 aromatic carbocycles. The first kappa shape index (κ1) is 18.6. The Balaban J connectivity index is 1.80. The lowest BCUT2D eigenvalue weighted by Gasteiger charge is -2.15. The second kappa shape index (κ2) is 8.49. The number of para-hydroxylation sites is 1. The molecule has 0 unspecified atom stereocenters. The highest BCUT2D eigenvalue weighted by atomic mass is 15.3. The molecule has 0 saturated carbocycles. The van der Waals surface area contributed by atoms with Crippen molar-refractivity contribution >= 4 is 28.8 Å². The molecular weight excluding hydrogens is 336 g/mol. The van der Waals surface area contributed by atoms with Gasteiger partial charge in [-0.2, -0.15) is 10.1 Å². The Morgan fingerprint density at radius 1 is 0.889 bits per heavy atom. The van der Waals surface area contributed by atoms with Crippen molar-refractivity contribution in [3.8, 4) is 0 Å². The minimum Gasteiger partial charge on any atom is -0.378 e. The van der Waals surface area contributed by atoms with E-state index >= 15 is 0 Å². The number of anilines is 5. The van der Waals surface area contributed by atoms with Crippen molar-refractivity contribution in [2.45, 2.75) is 26.7 Å². The van der Waals surface area contributed by atoms with Crippen LogP contribution in [0.2, 0.25) is 0 Å². The van der Waals surface area contributed by atoms with Crippen molar-refractivity contribution in [2.75, 3.05) is 29.6 Å². The molecule has 0 atom stereocenters. The summed E-state index contributed by atoms with van der Waals surface area (Å²) in [6.45, 7) is 4.31. The zero-order valence-corrected chi connectivity index (χ0v) is 16.3. The highest BCUT2D eigenvalue weighted by Gasteiger charge is 2.09. The maximum absolute atomic E-state index is 4.57. The fourth-order valence-electron chi connectivity index (χ4n) is 2.92. The zero-order chi connectivity index (χ0) is 19.2. The third-order valence-electron chi connectivity index (χ3n) is 4.45. The largest absolute Gasteiger partial charge is 0.378 e. The quantitative estimate of drug-likeness (QED) is 0.643. The van der Waals surface area contributed by atoms with E-state index in [1.54, 1.807) is 6.20 Å². The minimum absolute atomic E-state index is 0.463. The third-order valence-corrected chi connectivity index (χ3v) is 4.45. The van der Waals surface area contributed by atoms with Crippen LogP contribution in [0, 0.1) is 0 Å². The molecule has 0 aliphatic carbocycles. The fourth-order valence-corrected chi connectivity index (χ4v) is 2.92. The molecule has 0 radical (unpaired) electrons. The lowest BCUT2D eigenvalue weighted by Crippen LogP contribution is -2.08. The molecule has 0 aliphatic heterocycles. The van der Waals surface area contributed by atoms with Crippen molar-refractivity contribution in [3.63, 3.8) is 0 Å². The monoisotopic (exact) mass is 362 g/mol. The van der Waals surface area contributed by atoms with E-state index in [1.807, 2.05) is 38.4 Å². The van der Waals surface area contributed by atoms with E-state index in [0.29, 0.717) is 11.8 Å². The number of aryl methyl sites for hydroxylation is 2. The SMILES string of the molecule is CCc1cccc(CC)c1Nc1cnnc(Nc2ccc(N(C)C)cc2)n1. The third kappa shape index (κ3) is 4.53. The summed E-state index contributed by atoms with van der Waals surface area (Å²) in [4.78, 5) is 6.62. The van der Waals surface area contributed by atoms with E-state index in [1.165, 1.54) is 11.1 Å². The van der Waals surface area contributed by atoms with E-state index in [9.17, 15) is 0 Å².